The Labute approximate surface area is 148 Å². The Morgan fingerprint density at radius 1 is 1.12 bits per heavy atom. The fraction of sp³-hybridized carbons (Fsp3) is 0.882. The van der Waals surface area contributed by atoms with Crippen molar-refractivity contribution < 1.29 is 38.0 Å². The molecule has 0 spiro atoms. The Kier molecular flexibility index (Phi) is 7.77. The fourth-order valence-electron chi connectivity index (χ4n) is 3.07. The van der Waals surface area contributed by atoms with Gasteiger partial charge in [-0.2, -0.15) is 0 Å². The molecule has 8 nitrogen and oxygen atoms in total. The van der Waals surface area contributed by atoms with Crippen molar-refractivity contribution >= 4 is 12.3 Å². The van der Waals surface area contributed by atoms with Crippen molar-refractivity contribution in [2.24, 2.45) is 5.92 Å². The zero-order valence-corrected chi connectivity index (χ0v) is 15.1. The van der Waals surface area contributed by atoms with Crippen LogP contribution in [0, 0.1) is 5.92 Å². The first-order valence-electron chi connectivity index (χ1n) is 8.89. The molecule has 0 aromatic rings. The third kappa shape index (κ3) is 6.36. The largest absolute Gasteiger partial charge is 0.508 e. The van der Waals surface area contributed by atoms with Crippen molar-refractivity contribution in [2.45, 2.75) is 64.4 Å². The zero-order valence-electron chi connectivity index (χ0n) is 15.1. The smallest absolute Gasteiger partial charge is 0.435 e. The van der Waals surface area contributed by atoms with Gasteiger partial charge in [0.05, 0.1) is 38.6 Å². The lowest BCUT2D eigenvalue weighted by Crippen LogP contribution is -2.47. The zero-order chi connectivity index (χ0) is 18.2. The second-order valence-electron chi connectivity index (χ2n) is 6.46. The summed E-state index contributed by atoms with van der Waals surface area (Å²) in [5.74, 6) is -0.123. The summed E-state index contributed by atoms with van der Waals surface area (Å²) in [6.45, 7) is 6.95. The number of hydrogen-bond acceptors (Lipinski definition) is 8. The van der Waals surface area contributed by atoms with Crippen LogP contribution in [0.3, 0.4) is 0 Å². The summed E-state index contributed by atoms with van der Waals surface area (Å²) >= 11 is 0. The molecule has 25 heavy (non-hydrogen) atoms. The maximum absolute atomic E-state index is 11.8. The van der Waals surface area contributed by atoms with Gasteiger partial charge in [0.15, 0.2) is 0 Å². The van der Waals surface area contributed by atoms with Crippen molar-refractivity contribution in [3.8, 4) is 0 Å². The van der Waals surface area contributed by atoms with E-state index >= 15 is 0 Å². The van der Waals surface area contributed by atoms with E-state index in [0.717, 1.165) is 0 Å². The summed E-state index contributed by atoms with van der Waals surface area (Å²) in [5, 5.41) is 0. The standard InChI is InChI=1S/C17H28O8/c1-4-21-16(18)24-12-5-8-22-15(9-12)13-10-20-7-6-14(13)25-17(19)23-11(2)3/h11-15H,4-10H2,1-3H3. The van der Waals surface area contributed by atoms with E-state index in [-0.39, 0.29) is 36.9 Å². The molecular weight excluding hydrogens is 332 g/mol. The Morgan fingerprint density at radius 2 is 1.92 bits per heavy atom. The van der Waals surface area contributed by atoms with Gasteiger partial charge < -0.3 is 28.4 Å². The monoisotopic (exact) mass is 360 g/mol. The van der Waals surface area contributed by atoms with Crippen LogP contribution in [0.5, 0.6) is 0 Å². The molecule has 0 aromatic carbocycles. The predicted octanol–water partition coefficient (Wildman–Crippen LogP) is 2.67. The molecule has 0 aliphatic carbocycles. The highest BCUT2D eigenvalue weighted by Crippen LogP contribution is 2.30. The molecule has 0 amide bonds. The van der Waals surface area contributed by atoms with E-state index in [1.54, 1.807) is 20.8 Å². The van der Waals surface area contributed by atoms with E-state index in [4.69, 9.17) is 28.4 Å². The van der Waals surface area contributed by atoms with E-state index < -0.39 is 12.3 Å². The lowest BCUT2D eigenvalue weighted by atomic mass is 9.87. The second-order valence-corrected chi connectivity index (χ2v) is 6.46. The highest BCUT2D eigenvalue weighted by atomic mass is 16.7. The average Bonchev–Trinajstić information content (AvgIpc) is 2.55. The van der Waals surface area contributed by atoms with Crippen LogP contribution >= 0.6 is 0 Å². The minimum atomic E-state index is -0.679. The van der Waals surface area contributed by atoms with Crippen LogP contribution in [-0.4, -0.2) is 63.2 Å². The highest BCUT2D eigenvalue weighted by Gasteiger charge is 2.39. The van der Waals surface area contributed by atoms with E-state index in [9.17, 15) is 9.59 Å². The third-order valence-electron chi connectivity index (χ3n) is 4.18. The number of rotatable bonds is 5. The van der Waals surface area contributed by atoms with Crippen LogP contribution in [0.4, 0.5) is 9.59 Å². The summed E-state index contributed by atoms with van der Waals surface area (Å²) in [4.78, 5) is 23.3. The molecule has 4 unspecified atom stereocenters. The number of hydrogen-bond donors (Lipinski definition) is 0. The molecule has 4 atom stereocenters. The molecule has 2 heterocycles. The average molecular weight is 360 g/mol. The molecule has 2 aliphatic heterocycles. The first-order chi connectivity index (χ1) is 12.0. The van der Waals surface area contributed by atoms with Gasteiger partial charge in [0.25, 0.3) is 0 Å². The summed E-state index contributed by atoms with van der Waals surface area (Å²) < 4.78 is 32.0. The molecule has 2 aliphatic rings. The minimum Gasteiger partial charge on any atom is -0.435 e. The van der Waals surface area contributed by atoms with Crippen molar-refractivity contribution in [3.05, 3.63) is 0 Å². The topological polar surface area (TPSA) is 89.5 Å². The van der Waals surface area contributed by atoms with Crippen LogP contribution < -0.4 is 0 Å². The van der Waals surface area contributed by atoms with Crippen molar-refractivity contribution in [1.29, 1.82) is 0 Å². The quantitative estimate of drug-likeness (QED) is 0.691. The van der Waals surface area contributed by atoms with E-state index in [2.05, 4.69) is 0 Å². The van der Waals surface area contributed by atoms with Gasteiger partial charge in [0.2, 0.25) is 0 Å². The molecule has 8 heteroatoms. The molecular formula is C17H28O8. The molecule has 2 rings (SSSR count). The maximum atomic E-state index is 11.8. The molecule has 0 bridgehead atoms. The van der Waals surface area contributed by atoms with Crippen LogP contribution in [0.15, 0.2) is 0 Å². The van der Waals surface area contributed by atoms with E-state index in [0.29, 0.717) is 39.1 Å². The first-order valence-corrected chi connectivity index (χ1v) is 8.89. The number of ether oxygens (including phenoxy) is 6. The predicted molar refractivity (Wildman–Crippen MR) is 86.3 cm³/mol. The molecule has 0 saturated carbocycles. The van der Waals surface area contributed by atoms with Gasteiger partial charge in [-0.1, -0.05) is 0 Å². The van der Waals surface area contributed by atoms with Gasteiger partial charge in [0.1, 0.15) is 12.2 Å². The summed E-state index contributed by atoms with van der Waals surface area (Å²) in [5.41, 5.74) is 0. The van der Waals surface area contributed by atoms with Crippen LogP contribution in [0.1, 0.15) is 40.0 Å². The third-order valence-corrected chi connectivity index (χ3v) is 4.18. The summed E-state index contributed by atoms with van der Waals surface area (Å²) in [6, 6.07) is 0. The molecule has 144 valence electrons. The van der Waals surface area contributed by atoms with Gasteiger partial charge in [-0.3, -0.25) is 0 Å². The van der Waals surface area contributed by atoms with Crippen molar-refractivity contribution in [3.63, 3.8) is 0 Å². The van der Waals surface area contributed by atoms with Crippen molar-refractivity contribution in [1.82, 2.24) is 0 Å². The van der Waals surface area contributed by atoms with E-state index in [1.807, 2.05) is 0 Å². The lowest BCUT2D eigenvalue weighted by molar-refractivity contribution is -0.145. The number of carbonyl (C=O) groups excluding carboxylic acids is 2. The lowest BCUT2D eigenvalue weighted by Gasteiger charge is -2.39. The van der Waals surface area contributed by atoms with Gasteiger partial charge >= 0.3 is 12.3 Å². The molecule has 0 aromatic heterocycles. The molecule has 0 N–H and O–H groups in total. The molecule has 2 saturated heterocycles. The number of carbonyl (C=O) groups is 2. The van der Waals surface area contributed by atoms with Gasteiger partial charge in [-0.25, -0.2) is 9.59 Å². The Hall–Kier alpha value is -1.54. The van der Waals surface area contributed by atoms with E-state index in [1.165, 1.54) is 0 Å². The van der Waals surface area contributed by atoms with Crippen LogP contribution in [-0.2, 0) is 28.4 Å². The Balaban J connectivity index is 1.91. The maximum Gasteiger partial charge on any atom is 0.508 e. The van der Waals surface area contributed by atoms with Crippen LogP contribution in [0.2, 0.25) is 0 Å². The molecule has 2 fully saturated rings. The van der Waals surface area contributed by atoms with Gasteiger partial charge in [-0.05, 0) is 20.8 Å². The summed E-state index contributed by atoms with van der Waals surface area (Å²) in [6.07, 6.45) is -0.696. The Morgan fingerprint density at radius 3 is 2.64 bits per heavy atom. The van der Waals surface area contributed by atoms with Gasteiger partial charge in [-0.15, -0.1) is 0 Å². The SMILES string of the molecule is CCOC(=O)OC1CCOC(C2COCCC2OC(=O)OC(C)C)C1. The fourth-order valence-corrected chi connectivity index (χ4v) is 3.07. The Bertz CT molecular complexity index is 438. The van der Waals surface area contributed by atoms with Gasteiger partial charge in [0, 0.05) is 25.2 Å². The molecule has 0 radical (unpaired) electrons. The normalized spacial score (nSPS) is 29.8. The highest BCUT2D eigenvalue weighted by molar-refractivity contribution is 5.60. The minimum absolute atomic E-state index is 0.123. The second kappa shape index (κ2) is 9.82. The van der Waals surface area contributed by atoms with Crippen LogP contribution in [0.25, 0.3) is 0 Å². The van der Waals surface area contributed by atoms with Crippen molar-refractivity contribution in [2.75, 3.05) is 26.4 Å². The summed E-state index contributed by atoms with van der Waals surface area (Å²) in [7, 11) is 0. The first kappa shape index (κ1) is 19.8.